The Kier molecular flexibility index (Phi) is 2.92. The van der Waals surface area contributed by atoms with Crippen LogP contribution in [-0.4, -0.2) is 23.1 Å². The number of rotatable bonds is 2. The Bertz CT molecular complexity index is 343. The zero-order chi connectivity index (χ0) is 10.0. The highest BCUT2D eigenvalue weighted by molar-refractivity contribution is 6.61. The molecule has 0 atom stereocenters. The van der Waals surface area contributed by atoms with Crippen molar-refractivity contribution in [2.24, 2.45) is 5.73 Å². The minimum atomic E-state index is -1.75. The smallest absolute Gasteiger partial charge is 0.423 e. The lowest BCUT2D eigenvalue weighted by Gasteiger charge is -2.06. The molecule has 0 radical (unpaired) electrons. The van der Waals surface area contributed by atoms with Crippen molar-refractivity contribution in [2.75, 3.05) is 0 Å². The highest BCUT2D eigenvalue weighted by Crippen LogP contribution is 2.12. The lowest BCUT2D eigenvalue weighted by atomic mass is 9.77. The van der Waals surface area contributed by atoms with Gasteiger partial charge in [0.05, 0.1) is 10.6 Å². The highest BCUT2D eigenvalue weighted by atomic mass is 35.5. The minimum absolute atomic E-state index is 0.0139. The molecule has 4 N–H and O–H groups in total. The molecule has 0 fully saturated rings. The fourth-order valence-corrected chi connectivity index (χ4v) is 1.29. The number of nitrogens with two attached hydrogens (primary N) is 1. The number of benzene rings is 1. The van der Waals surface area contributed by atoms with Crippen LogP contribution in [0.25, 0.3) is 0 Å². The molecule has 0 aliphatic carbocycles. The van der Waals surface area contributed by atoms with Crippen molar-refractivity contribution in [3.05, 3.63) is 28.8 Å². The van der Waals surface area contributed by atoms with Crippen molar-refractivity contribution in [3.63, 3.8) is 0 Å². The molecule has 4 nitrogen and oxygen atoms in total. The summed E-state index contributed by atoms with van der Waals surface area (Å²) in [6.45, 7) is 0. The van der Waals surface area contributed by atoms with Gasteiger partial charge in [-0.05, 0) is 11.5 Å². The molecular formula is C7H7BClNO3. The third kappa shape index (κ3) is 2.00. The van der Waals surface area contributed by atoms with Gasteiger partial charge >= 0.3 is 7.12 Å². The van der Waals surface area contributed by atoms with Gasteiger partial charge in [-0.1, -0.05) is 23.7 Å². The van der Waals surface area contributed by atoms with Crippen molar-refractivity contribution < 1.29 is 14.8 Å². The van der Waals surface area contributed by atoms with E-state index in [9.17, 15) is 4.79 Å². The van der Waals surface area contributed by atoms with Gasteiger partial charge in [0.2, 0.25) is 5.91 Å². The number of carbonyl (C=O) groups is 1. The zero-order valence-corrected chi connectivity index (χ0v) is 7.32. The number of halogens is 1. The maximum Gasteiger partial charge on any atom is 0.489 e. The summed E-state index contributed by atoms with van der Waals surface area (Å²) in [5.41, 5.74) is 4.97. The van der Waals surface area contributed by atoms with E-state index in [0.29, 0.717) is 0 Å². The standard InChI is InChI=1S/C7H7BClNO3/c9-5-3-1-2-4(8(12)13)6(5)7(10)11/h1-3,12-13H,(H2,10,11). The summed E-state index contributed by atoms with van der Waals surface area (Å²) in [4.78, 5) is 10.9. The molecular weight excluding hydrogens is 192 g/mol. The molecule has 0 unspecified atom stereocenters. The van der Waals surface area contributed by atoms with E-state index in [1.807, 2.05) is 0 Å². The Morgan fingerprint density at radius 1 is 1.46 bits per heavy atom. The fraction of sp³-hybridized carbons (Fsp3) is 0. The number of amides is 1. The van der Waals surface area contributed by atoms with Gasteiger partial charge in [0.25, 0.3) is 0 Å². The third-order valence-corrected chi connectivity index (χ3v) is 1.89. The molecule has 1 aromatic rings. The molecule has 0 saturated carbocycles. The number of hydrogen-bond donors (Lipinski definition) is 3. The summed E-state index contributed by atoms with van der Waals surface area (Å²) in [6, 6.07) is 4.33. The molecule has 1 rings (SSSR count). The van der Waals surface area contributed by atoms with Gasteiger partial charge in [-0.15, -0.1) is 0 Å². The van der Waals surface area contributed by atoms with Crippen LogP contribution >= 0.6 is 11.6 Å². The normalized spacial score (nSPS) is 9.77. The van der Waals surface area contributed by atoms with Gasteiger partial charge in [-0.2, -0.15) is 0 Å². The summed E-state index contributed by atoms with van der Waals surface area (Å²) < 4.78 is 0. The number of primary amides is 1. The van der Waals surface area contributed by atoms with E-state index in [2.05, 4.69) is 0 Å². The monoisotopic (exact) mass is 199 g/mol. The predicted octanol–water partition coefficient (Wildman–Crippen LogP) is -0.881. The average Bonchev–Trinajstić information content (AvgIpc) is 2.02. The Morgan fingerprint density at radius 3 is 2.46 bits per heavy atom. The first-order chi connectivity index (χ1) is 6.04. The van der Waals surface area contributed by atoms with Crippen LogP contribution in [-0.2, 0) is 0 Å². The first-order valence-electron chi connectivity index (χ1n) is 3.48. The first-order valence-corrected chi connectivity index (χ1v) is 3.86. The molecule has 1 amide bonds. The molecule has 0 aromatic heterocycles. The molecule has 6 heteroatoms. The topological polar surface area (TPSA) is 83.6 Å². The summed E-state index contributed by atoms with van der Waals surface area (Å²) in [6.07, 6.45) is 0. The van der Waals surface area contributed by atoms with Crippen LogP contribution in [0.15, 0.2) is 18.2 Å². The maximum atomic E-state index is 10.9. The molecule has 68 valence electrons. The van der Waals surface area contributed by atoms with Crippen molar-refractivity contribution in [1.82, 2.24) is 0 Å². The van der Waals surface area contributed by atoms with E-state index >= 15 is 0 Å². The lowest BCUT2D eigenvalue weighted by Crippen LogP contribution is -2.36. The Hall–Kier alpha value is -1.04. The molecule has 1 aromatic carbocycles. The van der Waals surface area contributed by atoms with Crippen LogP contribution < -0.4 is 11.2 Å². The van der Waals surface area contributed by atoms with Gasteiger partial charge in [0, 0.05) is 0 Å². The van der Waals surface area contributed by atoms with Crippen LogP contribution in [0.5, 0.6) is 0 Å². The molecule has 0 bridgehead atoms. The van der Waals surface area contributed by atoms with Crippen LogP contribution in [0.3, 0.4) is 0 Å². The molecule has 0 spiro atoms. The lowest BCUT2D eigenvalue weighted by molar-refractivity contribution is 0.100. The summed E-state index contributed by atoms with van der Waals surface area (Å²) in [5, 5.41) is 17.8. The van der Waals surface area contributed by atoms with Crippen molar-refractivity contribution >= 4 is 30.1 Å². The minimum Gasteiger partial charge on any atom is -0.423 e. The van der Waals surface area contributed by atoms with Crippen molar-refractivity contribution in [3.8, 4) is 0 Å². The van der Waals surface area contributed by atoms with Crippen LogP contribution in [0.1, 0.15) is 10.4 Å². The van der Waals surface area contributed by atoms with E-state index in [0.717, 1.165) is 0 Å². The largest absolute Gasteiger partial charge is 0.489 e. The van der Waals surface area contributed by atoms with Crippen LogP contribution in [0.4, 0.5) is 0 Å². The SMILES string of the molecule is NC(=O)c1c(Cl)cccc1B(O)O. The second-order valence-corrected chi connectivity index (χ2v) is 2.85. The second kappa shape index (κ2) is 3.78. The summed E-state index contributed by atoms with van der Waals surface area (Å²) in [7, 11) is -1.75. The fourth-order valence-electron chi connectivity index (χ4n) is 1.02. The average molecular weight is 199 g/mol. The Labute approximate surface area is 80.1 Å². The molecule has 0 aliphatic heterocycles. The van der Waals surface area contributed by atoms with E-state index in [1.165, 1.54) is 18.2 Å². The number of hydrogen-bond acceptors (Lipinski definition) is 3. The molecule has 0 saturated heterocycles. The van der Waals surface area contributed by atoms with E-state index < -0.39 is 13.0 Å². The van der Waals surface area contributed by atoms with Crippen LogP contribution in [0, 0.1) is 0 Å². The van der Waals surface area contributed by atoms with Crippen molar-refractivity contribution in [2.45, 2.75) is 0 Å². The molecule has 0 aliphatic rings. The number of carbonyl (C=O) groups excluding carboxylic acids is 1. The highest BCUT2D eigenvalue weighted by Gasteiger charge is 2.20. The van der Waals surface area contributed by atoms with Crippen LogP contribution in [0.2, 0.25) is 5.02 Å². The zero-order valence-electron chi connectivity index (χ0n) is 6.57. The predicted molar refractivity (Wildman–Crippen MR) is 49.8 cm³/mol. The Morgan fingerprint density at radius 2 is 2.08 bits per heavy atom. The van der Waals surface area contributed by atoms with Gasteiger partial charge in [-0.25, -0.2) is 0 Å². The van der Waals surface area contributed by atoms with Crippen molar-refractivity contribution in [1.29, 1.82) is 0 Å². The van der Waals surface area contributed by atoms with E-state index in [4.69, 9.17) is 27.4 Å². The second-order valence-electron chi connectivity index (χ2n) is 2.44. The summed E-state index contributed by atoms with van der Waals surface area (Å²) in [5.74, 6) is -0.784. The summed E-state index contributed by atoms with van der Waals surface area (Å²) >= 11 is 5.65. The maximum absolute atomic E-state index is 10.9. The quantitative estimate of drug-likeness (QED) is 0.541. The van der Waals surface area contributed by atoms with Gasteiger partial charge in [0.1, 0.15) is 0 Å². The van der Waals surface area contributed by atoms with E-state index in [1.54, 1.807) is 0 Å². The molecule has 0 heterocycles. The van der Waals surface area contributed by atoms with Gasteiger partial charge < -0.3 is 15.8 Å². The first kappa shape index (κ1) is 10.0. The van der Waals surface area contributed by atoms with Gasteiger partial charge in [-0.3, -0.25) is 4.79 Å². The Balaban J connectivity index is 3.34. The van der Waals surface area contributed by atoms with Gasteiger partial charge in [0.15, 0.2) is 0 Å². The third-order valence-electron chi connectivity index (χ3n) is 1.57. The van der Waals surface area contributed by atoms with E-state index in [-0.39, 0.29) is 16.0 Å². The molecule has 13 heavy (non-hydrogen) atoms.